The van der Waals surface area contributed by atoms with E-state index in [1.807, 2.05) is 26.0 Å². The van der Waals surface area contributed by atoms with Crippen LogP contribution in [0.25, 0.3) is 22.0 Å². The molecule has 6 rings (SSSR count). The molecule has 0 bridgehead atoms. The number of aromatic nitrogens is 4. The molecule has 2 amide bonds. The number of hydrogen-bond donors (Lipinski definition) is 1. The van der Waals surface area contributed by atoms with E-state index in [4.69, 9.17) is 0 Å². The number of carbonyl (C=O) groups is 3. The molecule has 3 heterocycles. The van der Waals surface area contributed by atoms with Gasteiger partial charge in [0.1, 0.15) is 29.9 Å². The van der Waals surface area contributed by atoms with E-state index in [9.17, 15) is 18.8 Å². The second-order valence-corrected chi connectivity index (χ2v) is 11.8. The molecule has 1 N–H and O–H groups in total. The van der Waals surface area contributed by atoms with Crippen molar-refractivity contribution in [3.63, 3.8) is 0 Å². The number of carbonyl (C=O) groups excluding carboxylic acids is 3. The summed E-state index contributed by atoms with van der Waals surface area (Å²) in [6.07, 6.45) is 5.52. The van der Waals surface area contributed by atoms with Crippen molar-refractivity contribution in [3.05, 3.63) is 77.3 Å². The molecule has 2 aliphatic rings. The monoisotopic (exact) mass is 568 g/mol. The zero-order chi connectivity index (χ0) is 29.8. The number of aryl methyl sites for hydroxylation is 2. The molecule has 9 nitrogen and oxygen atoms in total. The maximum absolute atomic E-state index is 13.8. The number of nitrogens with one attached hydrogen (secondary N) is 1. The van der Waals surface area contributed by atoms with Crippen molar-refractivity contribution in [2.45, 2.75) is 65.6 Å². The van der Waals surface area contributed by atoms with Gasteiger partial charge in [0.05, 0.1) is 5.52 Å². The van der Waals surface area contributed by atoms with Crippen molar-refractivity contribution in [1.29, 1.82) is 0 Å². The van der Waals surface area contributed by atoms with Crippen LogP contribution in [0.15, 0.2) is 48.8 Å². The van der Waals surface area contributed by atoms with Gasteiger partial charge in [-0.15, -0.1) is 0 Å². The van der Waals surface area contributed by atoms with Crippen LogP contribution in [0, 0.1) is 25.1 Å². The van der Waals surface area contributed by atoms with Crippen LogP contribution in [0.4, 0.5) is 4.39 Å². The molecule has 1 saturated heterocycles. The Morgan fingerprint density at radius 2 is 1.76 bits per heavy atom. The number of amides is 2. The Balaban J connectivity index is 1.23. The number of piperidine rings is 1. The molecular weight excluding hydrogens is 535 g/mol. The summed E-state index contributed by atoms with van der Waals surface area (Å²) < 4.78 is 14.8. The van der Waals surface area contributed by atoms with E-state index in [2.05, 4.69) is 27.3 Å². The molecule has 2 fully saturated rings. The first-order valence-corrected chi connectivity index (χ1v) is 14.2. The third-order valence-corrected chi connectivity index (χ3v) is 8.62. The number of benzene rings is 2. The third kappa shape index (κ3) is 5.06. The predicted octanol–water partition coefficient (Wildman–Crippen LogP) is 4.19. The van der Waals surface area contributed by atoms with E-state index in [1.165, 1.54) is 19.1 Å². The fourth-order valence-corrected chi connectivity index (χ4v) is 6.28. The summed E-state index contributed by atoms with van der Waals surface area (Å²) in [6, 6.07) is 9.51. The van der Waals surface area contributed by atoms with Gasteiger partial charge in [-0.3, -0.25) is 19.1 Å². The van der Waals surface area contributed by atoms with Crippen molar-refractivity contribution >= 4 is 28.5 Å². The first-order chi connectivity index (χ1) is 20.0. The fraction of sp³-hybridized carbons (Fsp3) is 0.375. The number of halogens is 1. The van der Waals surface area contributed by atoms with E-state index in [0.29, 0.717) is 41.8 Å². The van der Waals surface area contributed by atoms with E-state index < -0.39 is 6.04 Å². The average molecular weight is 569 g/mol. The molecule has 1 aliphatic heterocycles. The Kier molecular flexibility index (Phi) is 6.87. The minimum atomic E-state index is -0.571. The number of Topliss-reactive ketones (excluding diaryl/α,β-unsaturated/α-hetero) is 1. The van der Waals surface area contributed by atoms with Crippen LogP contribution in [-0.2, 0) is 22.6 Å². The molecule has 0 spiro atoms. The van der Waals surface area contributed by atoms with Gasteiger partial charge in [0.2, 0.25) is 11.8 Å². The lowest BCUT2D eigenvalue weighted by Crippen LogP contribution is -2.49. The highest BCUT2D eigenvalue weighted by Crippen LogP contribution is 2.59. The topological polar surface area (TPSA) is 110 Å². The minimum absolute atomic E-state index is 0.00110. The van der Waals surface area contributed by atoms with Gasteiger partial charge in [-0.05, 0) is 79.5 Å². The van der Waals surface area contributed by atoms with Crippen molar-refractivity contribution in [2.24, 2.45) is 5.41 Å². The number of hydrogen-bond acceptors (Lipinski definition) is 6. The van der Waals surface area contributed by atoms with Crippen LogP contribution in [0.1, 0.15) is 54.1 Å². The van der Waals surface area contributed by atoms with E-state index in [0.717, 1.165) is 28.7 Å². The Labute approximate surface area is 243 Å². The summed E-state index contributed by atoms with van der Waals surface area (Å²) in [7, 11) is 0. The molecule has 3 atom stereocenters. The molecule has 1 saturated carbocycles. The van der Waals surface area contributed by atoms with Gasteiger partial charge in [-0.2, -0.15) is 5.10 Å². The van der Waals surface area contributed by atoms with Crippen molar-refractivity contribution in [3.8, 4) is 11.1 Å². The smallest absolute Gasteiger partial charge is 0.245 e. The van der Waals surface area contributed by atoms with Crippen LogP contribution in [0.5, 0.6) is 0 Å². The SMILES string of the molecule is CC(=O)c1nn(CC(=O)N2C3C[C@]3(C)C[C@H]2C(=O)NCCc2ccc(F)cc2)c2c(C)cc(-c3cnc(C)nc3)cc12. The summed E-state index contributed by atoms with van der Waals surface area (Å²) in [6.45, 7) is 7.64. The zero-order valence-corrected chi connectivity index (χ0v) is 24.1. The molecule has 1 aliphatic carbocycles. The molecule has 2 aromatic heterocycles. The Bertz CT molecular complexity index is 1720. The fourth-order valence-electron chi connectivity index (χ4n) is 6.28. The second kappa shape index (κ2) is 10.4. The lowest BCUT2D eigenvalue weighted by Gasteiger charge is -2.27. The van der Waals surface area contributed by atoms with Crippen molar-refractivity contribution < 1.29 is 18.8 Å². The van der Waals surface area contributed by atoms with Gasteiger partial charge in [0.15, 0.2) is 5.78 Å². The van der Waals surface area contributed by atoms with Crippen molar-refractivity contribution in [1.82, 2.24) is 30.0 Å². The van der Waals surface area contributed by atoms with Crippen LogP contribution in [0.3, 0.4) is 0 Å². The quantitative estimate of drug-likeness (QED) is 0.319. The minimum Gasteiger partial charge on any atom is -0.354 e. The van der Waals surface area contributed by atoms with Gasteiger partial charge in [0.25, 0.3) is 0 Å². The second-order valence-electron chi connectivity index (χ2n) is 11.8. The highest BCUT2D eigenvalue weighted by Gasteiger charge is 2.64. The Morgan fingerprint density at radius 1 is 1.05 bits per heavy atom. The maximum atomic E-state index is 13.8. The standard InChI is InChI=1S/C32H33FN6O3/c1-18-11-22(23-15-35-20(3)36-16-23)12-25-29(19(2)40)37-38(30(18)25)17-28(41)39-26(13-32(4)14-27(32)39)31(42)34-10-9-21-5-7-24(33)8-6-21/h5-8,11-12,15-16,26-27H,9-10,13-14,17H2,1-4H3,(H,34,42)/t26-,27?,32-/m0/s1. The molecule has 10 heteroatoms. The summed E-state index contributed by atoms with van der Waals surface area (Å²) in [5.74, 6) is -0.213. The number of likely N-dealkylation sites (tertiary alicyclic amines) is 1. The lowest BCUT2D eigenvalue weighted by molar-refractivity contribution is -0.140. The van der Waals surface area contributed by atoms with E-state index >= 15 is 0 Å². The average Bonchev–Trinajstić information content (AvgIpc) is 3.30. The summed E-state index contributed by atoms with van der Waals surface area (Å²) in [5.41, 5.74) is 4.40. The molecule has 42 heavy (non-hydrogen) atoms. The zero-order valence-electron chi connectivity index (χ0n) is 24.1. The number of fused-ring (bicyclic) bond motifs is 2. The molecule has 216 valence electrons. The number of nitrogens with zero attached hydrogens (tertiary/aromatic N) is 5. The van der Waals surface area contributed by atoms with Crippen LogP contribution in [0.2, 0.25) is 0 Å². The number of ketones is 1. The predicted molar refractivity (Wildman–Crippen MR) is 155 cm³/mol. The van der Waals surface area contributed by atoms with E-state index in [1.54, 1.807) is 34.1 Å². The Morgan fingerprint density at radius 3 is 2.45 bits per heavy atom. The van der Waals surface area contributed by atoms with Gasteiger partial charge in [-0.1, -0.05) is 19.1 Å². The highest BCUT2D eigenvalue weighted by molar-refractivity contribution is 6.07. The van der Waals surface area contributed by atoms with Crippen molar-refractivity contribution in [2.75, 3.05) is 6.54 Å². The van der Waals surface area contributed by atoms with Crippen LogP contribution < -0.4 is 5.32 Å². The molecule has 0 radical (unpaired) electrons. The first kappa shape index (κ1) is 27.7. The van der Waals surface area contributed by atoms with Crippen LogP contribution in [-0.4, -0.2) is 60.9 Å². The van der Waals surface area contributed by atoms with E-state index in [-0.39, 0.29) is 41.4 Å². The Hall–Kier alpha value is -4.47. The molecule has 1 unspecified atom stereocenters. The summed E-state index contributed by atoms with van der Waals surface area (Å²) >= 11 is 0. The van der Waals surface area contributed by atoms with Gasteiger partial charge in [0, 0.05) is 42.9 Å². The van der Waals surface area contributed by atoms with Gasteiger partial charge >= 0.3 is 0 Å². The largest absolute Gasteiger partial charge is 0.354 e. The van der Waals surface area contributed by atoms with Gasteiger partial charge < -0.3 is 10.2 Å². The normalized spacial score (nSPS) is 20.9. The van der Waals surface area contributed by atoms with Gasteiger partial charge in [-0.25, -0.2) is 14.4 Å². The first-order valence-electron chi connectivity index (χ1n) is 14.2. The summed E-state index contributed by atoms with van der Waals surface area (Å²) in [5, 5.41) is 8.23. The maximum Gasteiger partial charge on any atom is 0.245 e. The van der Waals surface area contributed by atoms with Crippen LogP contribution >= 0.6 is 0 Å². The summed E-state index contributed by atoms with van der Waals surface area (Å²) in [4.78, 5) is 50.0. The lowest BCUT2D eigenvalue weighted by atomic mass is 10.0. The number of rotatable bonds is 8. The molecular formula is C32H33FN6O3. The highest BCUT2D eigenvalue weighted by atomic mass is 19.1. The molecule has 4 aromatic rings. The molecule has 2 aromatic carbocycles. The third-order valence-electron chi connectivity index (χ3n) is 8.62.